The lowest BCUT2D eigenvalue weighted by Crippen LogP contribution is -2.28. The maximum Gasteiger partial charge on any atom is 0.319 e. The van der Waals surface area contributed by atoms with Gasteiger partial charge in [-0.2, -0.15) is 0 Å². The number of sulfone groups is 1. The molecular weight excluding hydrogens is 465 g/mol. The van der Waals surface area contributed by atoms with Gasteiger partial charge in [-0.05, 0) is 47.0 Å². The first-order valence-electron chi connectivity index (χ1n) is 11.2. The van der Waals surface area contributed by atoms with Crippen LogP contribution < -0.4 is 10.6 Å². The summed E-state index contributed by atoms with van der Waals surface area (Å²) in [5.74, 6) is -0.999. The first-order chi connectivity index (χ1) is 16.9. The lowest BCUT2D eigenvalue weighted by atomic mass is 9.84. The minimum Gasteiger partial charge on any atom is -0.334 e. The molecule has 1 aromatic heterocycles. The number of benzene rings is 2. The molecule has 1 aliphatic carbocycles. The molecule has 6 nitrogen and oxygen atoms in total. The van der Waals surface area contributed by atoms with Gasteiger partial charge in [-0.3, -0.25) is 4.98 Å². The molecule has 0 radical (unpaired) electrons. The normalized spacial score (nSPS) is 17.2. The Balaban J connectivity index is 1.34. The Bertz CT molecular complexity index is 1320. The van der Waals surface area contributed by atoms with Crippen LogP contribution in [0.2, 0.25) is 0 Å². The van der Waals surface area contributed by atoms with Crippen LogP contribution in [0.4, 0.5) is 14.9 Å². The van der Waals surface area contributed by atoms with Crippen molar-refractivity contribution in [1.29, 1.82) is 0 Å². The Morgan fingerprint density at radius 3 is 2.51 bits per heavy atom. The minimum atomic E-state index is -3.44. The maximum atomic E-state index is 13.7. The summed E-state index contributed by atoms with van der Waals surface area (Å²) in [6.07, 6.45) is 10.8. The van der Waals surface area contributed by atoms with Gasteiger partial charge in [0.1, 0.15) is 5.82 Å². The predicted octanol–water partition coefficient (Wildman–Crippen LogP) is 4.98. The standard InChI is InChI=1S/C27H26FN3O3S/c28-24-8-3-7-22(15-24)26-9-2-1-6-23(26)19-35(33,34)18-20-10-12-25(13-11-20)31-27(32)30-17-21-5-4-14-29-16-21/h1-16,23,26H,17-19H2,(H2,30,31,32). The zero-order valence-corrected chi connectivity index (χ0v) is 19.8. The van der Waals surface area contributed by atoms with Gasteiger partial charge in [0.25, 0.3) is 0 Å². The van der Waals surface area contributed by atoms with Crippen LogP contribution in [0, 0.1) is 11.7 Å². The Kier molecular flexibility index (Phi) is 7.72. The molecule has 0 bridgehead atoms. The number of aromatic nitrogens is 1. The minimum absolute atomic E-state index is 0.0498. The van der Waals surface area contributed by atoms with E-state index < -0.39 is 9.84 Å². The molecule has 3 aromatic rings. The number of allylic oxidation sites excluding steroid dienone is 4. The van der Waals surface area contributed by atoms with E-state index in [0.29, 0.717) is 17.8 Å². The molecule has 1 heterocycles. The second-order valence-electron chi connectivity index (χ2n) is 8.43. The van der Waals surface area contributed by atoms with Crippen molar-refractivity contribution < 1.29 is 17.6 Å². The number of carbonyl (C=O) groups excluding carboxylic acids is 1. The van der Waals surface area contributed by atoms with Crippen LogP contribution in [0.5, 0.6) is 0 Å². The number of anilines is 1. The van der Waals surface area contributed by atoms with E-state index in [1.54, 1.807) is 48.8 Å². The van der Waals surface area contributed by atoms with Crippen molar-refractivity contribution in [2.24, 2.45) is 5.92 Å². The van der Waals surface area contributed by atoms with E-state index in [4.69, 9.17) is 0 Å². The van der Waals surface area contributed by atoms with Crippen LogP contribution in [0.25, 0.3) is 0 Å². The van der Waals surface area contributed by atoms with Crippen molar-refractivity contribution in [3.05, 3.63) is 120 Å². The molecule has 0 saturated heterocycles. The van der Waals surface area contributed by atoms with Gasteiger partial charge in [-0.1, -0.05) is 54.6 Å². The van der Waals surface area contributed by atoms with E-state index in [-0.39, 0.29) is 35.2 Å². The van der Waals surface area contributed by atoms with E-state index in [1.165, 1.54) is 12.1 Å². The van der Waals surface area contributed by atoms with Crippen molar-refractivity contribution in [3.8, 4) is 0 Å². The molecule has 2 unspecified atom stereocenters. The molecule has 0 fully saturated rings. The van der Waals surface area contributed by atoms with E-state index in [9.17, 15) is 17.6 Å². The molecule has 2 aromatic carbocycles. The molecule has 2 atom stereocenters. The summed E-state index contributed by atoms with van der Waals surface area (Å²) < 4.78 is 39.7. The van der Waals surface area contributed by atoms with Gasteiger partial charge in [0.05, 0.1) is 11.5 Å². The number of pyridine rings is 1. The van der Waals surface area contributed by atoms with Crippen LogP contribution in [0.1, 0.15) is 22.6 Å². The van der Waals surface area contributed by atoms with Crippen LogP contribution in [0.3, 0.4) is 0 Å². The highest BCUT2D eigenvalue weighted by Gasteiger charge is 2.26. The second kappa shape index (κ2) is 11.1. The number of nitrogens with zero attached hydrogens (tertiary/aromatic N) is 1. The maximum absolute atomic E-state index is 13.7. The lowest BCUT2D eigenvalue weighted by molar-refractivity contribution is 0.251. The SMILES string of the molecule is O=C(NCc1cccnc1)Nc1ccc(CS(=O)(=O)CC2C=CC=CC2c2cccc(F)c2)cc1. The smallest absolute Gasteiger partial charge is 0.319 e. The Labute approximate surface area is 204 Å². The van der Waals surface area contributed by atoms with Gasteiger partial charge in [-0.15, -0.1) is 0 Å². The van der Waals surface area contributed by atoms with E-state index in [1.807, 2.05) is 36.4 Å². The van der Waals surface area contributed by atoms with Crippen LogP contribution >= 0.6 is 0 Å². The molecule has 2 amide bonds. The predicted molar refractivity (Wildman–Crippen MR) is 135 cm³/mol. The van der Waals surface area contributed by atoms with E-state index >= 15 is 0 Å². The zero-order chi connectivity index (χ0) is 24.7. The fourth-order valence-electron chi connectivity index (χ4n) is 4.04. The van der Waals surface area contributed by atoms with Gasteiger partial charge in [0.2, 0.25) is 0 Å². The van der Waals surface area contributed by atoms with Crippen LogP contribution in [0.15, 0.2) is 97.4 Å². The van der Waals surface area contributed by atoms with Gasteiger partial charge in [-0.25, -0.2) is 17.6 Å². The van der Waals surface area contributed by atoms with Crippen LogP contribution in [-0.2, 0) is 22.1 Å². The molecule has 35 heavy (non-hydrogen) atoms. The number of nitrogens with one attached hydrogen (secondary N) is 2. The zero-order valence-electron chi connectivity index (χ0n) is 19.0. The van der Waals surface area contributed by atoms with E-state index in [2.05, 4.69) is 15.6 Å². The third-order valence-corrected chi connectivity index (χ3v) is 7.37. The van der Waals surface area contributed by atoms with Gasteiger partial charge >= 0.3 is 6.03 Å². The molecular formula is C27H26FN3O3S. The lowest BCUT2D eigenvalue weighted by Gasteiger charge is -2.24. The number of rotatable bonds is 8. The summed E-state index contributed by atoms with van der Waals surface area (Å²) in [4.78, 5) is 16.1. The third-order valence-electron chi connectivity index (χ3n) is 5.70. The summed E-state index contributed by atoms with van der Waals surface area (Å²) in [6.45, 7) is 0.345. The van der Waals surface area contributed by atoms with E-state index in [0.717, 1.165) is 11.1 Å². The monoisotopic (exact) mass is 491 g/mol. The van der Waals surface area contributed by atoms with Gasteiger partial charge < -0.3 is 10.6 Å². The highest BCUT2D eigenvalue weighted by Crippen LogP contribution is 2.32. The van der Waals surface area contributed by atoms with Crippen LogP contribution in [-0.4, -0.2) is 25.2 Å². The summed E-state index contributed by atoms with van der Waals surface area (Å²) in [6, 6.07) is 16.3. The van der Waals surface area contributed by atoms with Crippen molar-refractivity contribution in [3.63, 3.8) is 0 Å². The highest BCUT2D eigenvalue weighted by molar-refractivity contribution is 7.90. The average molecular weight is 492 g/mol. The molecule has 180 valence electrons. The quantitative estimate of drug-likeness (QED) is 0.465. The fourth-order valence-corrected chi connectivity index (χ4v) is 5.76. The molecule has 1 aliphatic rings. The summed E-state index contributed by atoms with van der Waals surface area (Å²) >= 11 is 0. The third kappa shape index (κ3) is 7.10. The summed E-state index contributed by atoms with van der Waals surface area (Å²) in [7, 11) is -3.44. The number of hydrogen-bond donors (Lipinski definition) is 2. The summed E-state index contributed by atoms with van der Waals surface area (Å²) in [5, 5.41) is 5.47. The molecule has 2 N–H and O–H groups in total. The van der Waals surface area contributed by atoms with Crippen molar-refractivity contribution >= 4 is 21.6 Å². The Hall–Kier alpha value is -3.78. The molecule has 0 saturated carbocycles. The second-order valence-corrected chi connectivity index (χ2v) is 10.5. The van der Waals surface area contributed by atoms with Crippen molar-refractivity contribution in [1.82, 2.24) is 10.3 Å². The van der Waals surface area contributed by atoms with Crippen molar-refractivity contribution in [2.75, 3.05) is 11.1 Å². The molecule has 4 rings (SSSR count). The Morgan fingerprint density at radius 1 is 0.971 bits per heavy atom. The molecule has 0 aliphatic heterocycles. The first-order valence-corrected chi connectivity index (χ1v) is 13.0. The topological polar surface area (TPSA) is 88.2 Å². The van der Waals surface area contributed by atoms with Gasteiger partial charge in [0, 0.05) is 36.5 Å². The summed E-state index contributed by atoms with van der Waals surface area (Å²) in [5.41, 5.74) is 2.82. The van der Waals surface area contributed by atoms with Crippen molar-refractivity contribution in [2.45, 2.75) is 18.2 Å². The number of urea groups is 1. The fraction of sp³-hybridized carbons (Fsp3) is 0.185. The number of carbonyl (C=O) groups is 1. The number of amides is 2. The average Bonchev–Trinajstić information content (AvgIpc) is 2.84. The molecule has 8 heteroatoms. The Morgan fingerprint density at radius 2 is 1.77 bits per heavy atom. The first kappa shape index (κ1) is 24.3. The van der Waals surface area contributed by atoms with Gasteiger partial charge in [0.15, 0.2) is 9.84 Å². The highest BCUT2D eigenvalue weighted by atomic mass is 32.2. The number of halogens is 1. The molecule has 0 spiro atoms. The largest absolute Gasteiger partial charge is 0.334 e. The number of hydrogen-bond acceptors (Lipinski definition) is 4.